The Balaban J connectivity index is 1.83. The van der Waals surface area contributed by atoms with Crippen LogP contribution in [0.1, 0.15) is 12.7 Å². The van der Waals surface area contributed by atoms with E-state index >= 15 is 0 Å². The Labute approximate surface area is 153 Å². The van der Waals surface area contributed by atoms with Gasteiger partial charge in [-0.15, -0.1) is 10.2 Å². The Morgan fingerprint density at radius 3 is 2.60 bits per heavy atom. The van der Waals surface area contributed by atoms with Crippen molar-refractivity contribution in [3.8, 4) is 5.69 Å². The van der Waals surface area contributed by atoms with Crippen molar-refractivity contribution in [3.63, 3.8) is 0 Å². The zero-order chi connectivity index (χ0) is 17.2. The predicted molar refractivity (Wildman–Crippen MR) is 103 cm³/mol. The van der Waals surface area contributed by atoms with Gasteiger partial charge in [-0.25, -0.2) is 0 Å². The summed E-state index contributed by atoms with van der Waals surface area (Å²) in [6.45, 7) is 2.49. The van der Waals surface area contributed by atoms with Crippen molar-refractivity contribution in [1.82, 2.24) is 19.3 Å². The molecule has 25 heavy (non-hydrogen) atoms. The highest BCUT2D eigenvalue weighted by molar-refractivity contribution is 7.99. The van der Waals surface area contributed by atoms with Crippen molar-refractivity contribution in [2.45, 2.75) is 18.6 Å². The molecule has 0 aliphatic rings. The Hall–Kier alpha value is -2.38. The summed E-state index contributed by atoms with van der Waals surface area (Å²) in [4.78, 5) is 12.5. The average molecular weight is 368 g/mol. The monoisotopic (exact) mass is 368 g/mol. The molecule has 2 heterocycles. The molecular weight excluding hydrogens is 352 g/mol. The first kappa shape index (κ1) is 16.1. The number of rotatable bonds is 5. The van der Waals surface area contributed by atoms with Crippen molar-refractivity contribution >= 4 is 33.3 Å². The number of thioether (sulfide) groups is 1. The topological polar surface area (TPSA) is 52.7 Å². The normalized spacial score (nSPS) is 11.2. The van der Waals surface area contributed by atoms with Gasteiger partial charge in [0.1, 0.15) is 0 Å². The van der Waals surface area contributed by atoms with Crippen LogP contribution in [-0.4, -0.2) is 25.1 Å². The van der Waals surface area contributed by atoms with Gasteiger partial charge < -0.3 is 0 Å². The second-order valence-corrected chi connectivity index (χ2v) is 7.65. The van der Waals surface area contributed by atoms with Gasteiger partial charge in [0.15, 0.2) is 11.0 Å². The van der Waals surface area contributed by atoms with Crippen LogP contribution < -0.4 is 4.87 Å². The van der Waals surface area contributed by atoms with Crippen LogP contribution in [0.2, 0.25) is 0 Å². The largest absolute Gasteiger partial charge is 0.308 e. The summed E-state index contributed by atoms with van der Waals surface area (Å²) < 4.78 is 4.79. The fourth-order valence-electron chi connectivity index (χ4n) is 2.77. The molecule has 4 aromatic rings. The lowest BCUT2D eigenvalue weighted by molar-refractivity contribution is 0.726. The molecule has 0 saturated carbocycles. The second kappa shape index (κ2) is 6.85. The maximum absolute atomic E-state index is 12.4. The first-order valence-electron chi connectivity index (χ1n) is 7.99. The van der Waals surface area contributed by atoms with Gasteiger partial charge in [-0.1, -0.05) is 60.4 Å². The average Bonchev–Trinajstić information content (AvgIpc) is 3.18. The molecule has 7 heteroatoms. The number of nitrogens with zero attached hydrogens (tertiary/aromatic N) is 4. The van der Waals surface area contributed by atoms with E-state index in [9.17, 15) is 4.79 Å². The van der Waals surface area contributed by atoms with Gasteiger partial charge in [0.2, 0.25) is 0 Å². The van der Waals surface area contributed by atoms with E-state index in [0.29, 0.717) is 6.54 Å². The minimum atomic E-state index is 0.0218. The zero-order valence-corrected chi connectivity index (χ0v) is 15.3. The number of benzene rings is 2. The van der Waals surface area contributed by atoms with Crippen LogP contribution >= 0.6 is 23.1 Å². The standard InChI is InChI=1S/C18H16N4OS2/c1-2-24-17-20-19-16(22(17)13-8-4-3-5-9-13)12-21-14-10-6-7-11-15(14)25-18(21)23/h3-11H,2,12H2,1H3. The third-order valence-corrected chi connectivity index (χ3v) is 5.63. The number of thiazole rings is 1. The summed E-state index contributed by atoms with van der Waals surface area (Å²) in [5.41, 5.74) is 1.94. The molecule has 0 amide bonds. The quantitative estimate of drug-likeness (QED) is 0.503. The van der Waals surface area contributed by atoms with E-state index in [1.807, 2.05) is 59.2 Å². The molecule has 0 bridgehead atoms. The first-order valence-corrected chi connectivity index (χ1v) is 9.79. The molecule has 0 spiro atoms. The number of fused-ring (bicyclic) bond motifs is 1. The Kier molecular flexibility index (Phi) is 4.42. The van der Waals surface area contributed by atoms with E-state index < -0.39 is 0 Å². The third kappa shape index (κ3) is 3.01. The summed E-state index contributed by atoms with van der Waals surface area (Å²) in [5.74, 6) is 1.67. The Bertz CT molecular complexity index is 1070. The van der Waals surface area contributed by atoms with Crippen molar-refractivity contribution < 1.29 is 0 Å². The zero-order valence-electron chi connectivity index (χ0n) is 13.6. The lowest BCUT2D eigenvalue weighted by Gasteiger charge is -2.10. The maximum Gasteiger partial charge on any atom is 0.308 e. The van der Waals surface area contributed by atoms with Crippen LogP contribution in [-0.2, 0) is 6.54 Å². The van der Waals surface area contributed by atoms with Crippen molar-refractivity contribution in [2.24, 2.45) is 0 Å². The summed E-state index contributed by atoms with van der Waals surface area (Å²) in [5, 5.41) is 9.55. The molecule has 2 aromatic heterocycles. The molecule has 0 atom stereocenters. The highest BCUT2D eigenvalue weighted by atomic mass is 32.2. The summed E-state index contributed by atoms with van der Waals surface area (Å²) in [7, 11) is 0. The molecule has 0 aliphatic heterocycles. The highest BCUT2D eigenvalue weighted by Gasteiger charge is 2.16. The fourth-order valence-corrected chi connectivity index (χ4v) is 4.35. The smallest absolute Gasteiger partial charge is 0.291 e. The predicted octanol–water partition coefficient (Wildman–Crippen LogP) is 3.80. The summed E-state index contributed by atoms with van der Waals surface area (Å²) in [6, 6.07) is 17.9. The molecule has 0 N–H and O–H groups in total. The number of hydrogen-bond donors (Lipinski definition) is 0. The second-order valence-electron chi connectivity index (χ2n) is 5.42. The van der Waals surface area contributed by atoms with Crippen LogP contribution in [0.3, 0.4) is 0 Å². The van der Waals surface area contributed by atoms with Gasteiger partial charge in [0.25, 0.3) is 0 Å². The third-order valence-electron chi connectivity index (χ3n) is 3.86. The van der Waals surface area contributed by atoms with Crippen molar-refractivity contribution in [3.05, 3.63) is 70.1 Å². The molecule has 0 fully saturated rings. The van der Waals surface area contributed by atoms with Crippen LogP contribution in [0, 0.1) is 0 Å². The molecule has 4 rings (SSSR count). The molecule has 0 unspecified atom stereocenters. The lowest BCUT2D eigenvalue weighted by atomic mass is 10.3. The van der Waals surface area contributed by atoms with Crippen LogP contribution in [0.25, 0.3) is 15.9 Å². The molecule has 2 aromatic carbocycles. The van der Waals surface area contributed by atoms with Crippen molar-refractivity contribution in [1.29, 1.82) is 0 Å². The van der Waals surface area contributed by atoms with E-state index in [0.717, 1.165) is 32.6 Å². The van der Waals surface area contributed by atoms with E-state index in [1.54, 1.807) is 16.3 Å². The fraction of sp³-hybridized carbons (Fsp3) is 0.167. The van der Waals surface area contributed by atoms with Gasteiger partial charge in [0, 0.05) is 5.69 Å². The van der Waals surface area contributed by atoms with Gasteiger partial charge in [-0.3, -0.25) is 13.9 Å². The molecule has 0 saturated heterocycles. The van der Waals surface area contributed by atoms with Crippen molar-refractivity contribution in [2.75, 3.05) is 5.75 Å². The lowest BCUT2D eigenvalue weighted by Crippen LogP contribution is -2.16. The molecule has 126 valence electrons. The van der Waals surface area contributed by atoms with Gasteiger partial charge in [0.05, 0.1) is 16.8 Å². The van der Waals surface area contributed by atoms with Gasteiger partial charge in [-0.05, 0) is 30.0 Å². The highest BCUT2D eigenvalue weighted by Crippen LogP contribution is 2.23. The van der Waals surface area contributed by atoms with E-state index in [2.05, 4.69) is 17.1 Å². The summed E-state index contributed by atoms with van der Waals surface area (Å²) >= 11 is 2.90. The molecule has 5 nitrogen and oxygen atoms in total. The molecule has 0 radical (unpaired) electrons. The van der Waals surface area contributed by atoms with Crippen LogP contribution in [0.5, 0.6) is 0 Å². The Morgan fingerprint density at radius 2 is 1.80 bits per heavy atom. The van der Waals surface area contributed by atoms with Gasteiger partial charge >= 0.3 is 4.87 Å². The SMILES string of the molecule is CCSc1nnc(Cn2c(=O)sc3ccccc32)n1-c1ccccc1. The Morgan fingerprint density at radius 1 is 1.04 bits per heavy atom. The number of hydrogen-bond acceptors (Lipinski definition) is 5. The number of para-hydroxylation sites is 2. The molecule has 0 aliphatic carbocycles. The van der Waals surface area contributed by atoms with E-state index in [-0.39, 0.29) is 4.87 Å². The number of aromatic nitrogens is 4. The van der Waals surface area contributed by atoms with E-state index in [1.165, 1.54) is 11.3 Å². The van der Waals surface area contributed by atoms with Crippen LogP contribution in [0.4, 0.5) is 0 Å². The minimum Gasteiger partial charge on any atom is -0.291 e. The minimum absolute atomic E-state index is 0.0218. The first-order chi connectivity index (χ1) is 12.3. The summed E-state index contributed by atoms with van der Waals surface area (Å²) in [6.07, 6.45) is 0. The van der Waals surface area contributed by atoms with E-state index in [4.69, 9.17) is 0 Å². The maximum atomic E-state index is 12.4. The van der Waals surface area contributed by atoms with Gasteiger partial charge in [-0.2, -0.15) is 0 Å². The van der Waals surface area contributed by atoms with Crippen LogP contribution in [0.15, 0.2) is 64.5 Å². The molecular formula is C18H16N4OS2.